The second kappa shape index (κ2) is 9.35. The maximum absolute atomic E-state index is 13.1. The number of sulfonamides is 1. The molecule has 0 radical (unpaired) electrons. The molecule has 0 unspecified atom stereocenters. The van der Waals surface area contributed by atoms with Crippen LogP contribution in [0.2, 0.25) is 0 Å². The number of carbonyl (C=O) groups is 1. The van der Waals surface area contributed by atoms with Gasteiger partial charge < -0.3 is 5.32 Å². The number of anilines is 1. The Hall–Kier alpha value is -3.12. The number of amides is 1. The highest BCUT2D eigenvalue weighted by Gasteiger charge is 2.25. The molecule has 0 aromatic heterocycles. The van der Waals surface area contributed by atoms with Gasteiger partial charge in [-0.15, -0.1) is 0 Å². The van der Waals surface area contributed by atoms with Gasteiger partial charge in [-0.25, -0.2) is 8.42 Å². The summed E-state index contributed by atoms with van der Waals surface area (Å²) in [5.74, 6) is -0.374. The fourth-order valence-electron chi connectivity index (χ4n) is 3.47. The zero-order valence-electron chi connectivity index (χ0n) is 18.3. The number of nitrogens with zero attached hydrogens (tertiary/aromatic N) is 1. The number of aryl methyl sites for hydroxylation is 3. The number of nitrogens with one attached hydrogen (secondary N) is 1. The molecule has 0 saturated carbocycles. The zero-order chi connectivity index (χ0) is 22.6. The summed E-state index contributed by atoms with van der Waals surface area (Å²) in [6.07, 6.45) is 1.12. The minimum atomic E-state index is -3.65. The van der Waals surface area contributed by atoms with E-state index in [1.807, 2.05) is 87.5 Å². The van der Waals surface area contributed by atoms with Gasteiger partial charge in [-0.2, -0.15) is 0 Å². The van der Waals surface area contributed by atoms with E-state index in [4.69, 9.17) is 0 Å². The smallest absolute Gasteiger partial charge is 0.241 e. The highest BCUT2D eigenvalue weighted by atomic mass is 32.2. The normalized spacial score (nSPS) is 12.3. The Morgan fingerprint density at radius 1 is 0.871 bits per heavy atom. The first-order chi connectivity index (χ1) is 14.6. The molecule has 0 fully saturated rings. The molecule has 0 saturated heterocycles. The molecule has 1 N–H and O–H groups in total. The van der Waals surface area contributed by atoms with E-state index in [2.05, 4.69) is 5.32 Å². The van der Waals surface area contributed by atoms with Crippen LogP contribution in [0.25, 0.3) is 0 Å². The quantitative estimate of drug-likeness (QED) is 0.601. The van der Waals surface area contributed by atoms with E-state index in [0.29, 0.717) is 5.69 Å². The van der Waals surface area contributed by atoms with E-state index < -0.39 is 10.0 Å². The van der Waals surface area contributed by atoms with Crippen LogP contribution in [0.15, 0.2) is 72.8 Å². The third kappa shape index (κ3) is 5.73. The Bertz CT molecular complexity index is 1160. The number of hydrogen-bond acceptors (Lipinski definition) is 3. The van der Waals surface area contributed by atoms with E-state index in [9.17, 15) is 13.2 Å². The standard InChI is InChI=1S/C25H28N2O3S/c1-18-11-14-22(15-12-18)25(21-8-6-5-7-9-21)26-24(28)17-27(31(4,29)30)23-16-19(2)10-13-20(23)3/h5-16,25H,17H2,1-4H3,(H,26,28)/t25-/m1/s1. The molecule has 3 aromatic rings. The second-order valence-electron chi connectivity index (χ2n) is 7.88. The van der Waals surface area contributed by atoms with Gasteiger partial charge in [0.2, 0.25) is 15.9 Å². The average molecular weight is 437 g/mol. The summed E-state index contributed by atoms with van der Waals surface area (Å²) in [6.45, 7) is 5.45. The minimum Gasteiger partial charge on any atom is -0.344 e. The molecule has 0 heterocycles. The number of carbonyl (C=O) groups excluding carboxylic acids is 1. The van der Waals surface area contributed by atoms with Crippen LogP contribution in [0.4, 0.5) is 5.69 Å². The Morgan fingerprint density at radius 3 is 2.06 bits per heavy atom. The minimum absolute atomic E-state index is 0.293. The van der Waals surface area contributed by atoms with Crippen molar-refractivity contribution in [3.05, 3.63) is 101 Å². The summed E-state index contributed by atoms with van der Waals surface area (Å²) in [4.78, 5) is 13.1. The van der Waals surface area contributed by atoms with Gasteiger partial charge in [0.25, 0.3) is 0 Å². The molecular weight excluding hydrogens is 408 g/mol. The van der Waals surface area contributed by atoms with Crippen molar-refractivity contribution in [2.75, 3.05) is 17.1 Å². The van der Waals surface area contributed by atoms with E-state index in [0.717, 1.165) is 34.1 Å². The van der Waals surface area contributed by atoms with Crippen LogP contribution >= 0.6 is 0 Å². The Balaban J connectivity index is 1.91. The van der Waals surface area contributed by atoms with Gasteiger partial charge in [0.15, 0.2) is 0 Å². The molecule has 0 aliphatic heterocycles. The SMILES string of the molecule is Cc1ccc([C@H](NC(=O)CN(c2cc(C)ccc2C)S(C)(=O)=O)c2ccccc2)cc1. The molecule has 1 amide bonds. The third-order valence-corrected chi connectivity index (χ3v) is 6.30. The van der Waals surface area contributed by atoms with Crippen molar-refractivity contribution in [2.45, 2.75) is 26.8 Å². The highest BCUT2D eigenvalue weighted by Crippen LogP contribution is 2.25. The summed E-state index contributed by atoms with van der Waals surface area (Å²) < 4.78 is 26.2. The lowest BCUT2D eigenvalue weighted by atomic mass is 9.98. The summed E-state index contributed by atoms with van der Waals surface area (Å²) in [6, 6.07) is 22.8. The van der Waals surface area contributed by atoms with Gasteiger partial charge in [-0.1, -0.05) is 72.3 Å². The van der Waals surface area contributed by atoms with Crippen LogP contribution in [0, 0.1) is 20.8 Å². The number of hydrogen-bond donors (Lipinski definition) is 1. The predicted molar refractivity (Wildman–Crippen MR) is 126 cm³/mol. The van der Waals surface area contributed by atoms with Crippen molar-refractivity contribution in [3.63, 3.8) is 0 Å². The van der Waals surface area contributed by atoms with Crippen LogP contribution in [0.5, 0.6) is 0 Å². The van der Waals surface area contributed by atoms with E-state index in [1.54, 1.807) is 6.07 Å². The predicted octanol–water partition coefficient (Wildman–Crippen LogP) is 4.28. The fourth-order valence-corrected chi connectivity index (χ4v) is 4.38. The average Bonchev–Trinajstić information content (AvgIpc) is 2.73. The topological polar surface area (TPSA) is 66.5 Å². The van der Waals surface area contributed by atoms with E-state index in [-0.39, 0.29) is 18.5 Å². The number of rotatable bonds is 7. The summed E-state index contributed by atoms with van der Waals surface area (Å²) in [5, 5.41) is 3.03. The molecule has 3 rings (SSSR count). The molecular formula is C25H28N2O3S. The molecule has 5 nitrogen and oxygen atoms in total. The number of benzene rings is 3. The van der Waals surface area contributed by atoms with E-state index in [1.165, 1.54) is 4.31 Å². The van der Waals surface area contributed by atoms with Crippen molar-refractivity contribution in [3.8, 4) is 0 Å². The first kappa shape index (κ1) is 22.6. The molecule has 0 aliphatic rings. The van der Waals surface area contributed by atoms with Gasteiger partial charge in [0.1, 0.15) is 6.54 Å². The monoisotopic (exact) mass is 436 g/mol. The molecule has 31 heavy (non-hydrogen) atoms. The first-order valence-corrected chi connectivity index (χ1v) is 12.0. The van der Waals surface area contributed by atoms with E-state index >= 15 is 0 Å². The molecule has 162 valence electrons. The summed E-state index contributed by atoms with van der Waals surface area (Å²) in [5.41, 5.74) is 5.22. The summed E-state index contributed by atoms with van der Waals surface area (Å²) >= 11 is 0. The Morgan fingerprint density at radius 2 is 1.45 bits per heavy atom. The molecule has 0 bridgehead atoms. The van der Waals surface area contributed by atoms with Crippen molar-refractivity contribution in [1.29, 1.82) is 0 Å². The van der Waals surface area contributed by atoms with Crippen molar-refractivity contribution >= 4 is 21.6 Å². The lowest BCUT2D eigenvalue weighted by Crippen LogP contribution is -2.42. The molecule has 0 aliphatic carbocycles. The zero-order valence-corrected chi connectivity index (χ0v) is 19.1. The Labute approximate surface area is 184 Å². The van der Waals surface area contributed by atoms with Crippen molar-refractivity contribution in [2.24, 2.45) is 0 Å². The maximum Gasteiger partial charge on any atom is 0.241 e. The van der Waals surface area contributed by atoms with Crippen LogP contribution in [0.3, 0.4) is 0 Å². The van der Waals surface area contributed by atoms with Crippen LogP contribution in [0.1, 0.15) is 33.9 Å². The third-order valence-electron chi connectivity index (χ3n) is 5.17. The Kier molecular flexibility index (Phi) is 6.81. The lowest BCUT2D eigenvalue weighted by Gasteiger charge is -2.26. The van der Waals surface area contributed by atoms with Gasteiger partial charge in [-0.3, -0.25) is 9.10 Å². The maximum atomic E-state index is 13.1. The van der Waals surface area contributed by atoms with Crippen LogP contribution in [-0.4, -0.2) is 27.1 Å². The molecule has 6 heteroatoms. The summed E-state index contributed by atoms with van der Waals surface area (Å²) in [7, 11) is -3.65. The van der Waals surface area contributed by atoms with Crippen molar-refractivity contribution < 1.29 is 13.2 Å². The fraction of sp³-hybridized carbons (Fsp3) is 0.240. The van der Waals surface area contributed by atoms with Crippen LogP contribution in [-0.2, 0) is 14.8 Å². The van der Waals surface area contributed by atoms with Gasteiger partial charge in [-0.05, 0) is 49.1 Å². The van der Waals surface area contributed by atoms with Gasteiger partial charge in [0.05, 0.1) is 18.0 Å². The molecule has 3 aromatic carbocycles. The van der Waals surface area contributed by atoms with Gasteiger partial charge in [0, 0.05) is 0 Å². The highest BCUT2D eigenvalue weighted by molar-refractivity contribution is 7.92. The lowest BCUT2D eigenvalue weighted by molar-refractivity contribution is -0.120. The molecule has 1 atom stereocenters. The largest absolute Gasteiger partial charge is 0.344 e. The van der Waals surface area contributed by atoms with Crippen LogP contribution < -0.4 is 9.62 Å². The first-order valence-electron chi connectivity index (χ1n) is 10.1. The second-order valence-corrected chi connectivity index (χ2v) is 9.79. The van der Waals surface area contributed by atoms with Gasteiger partial charge >= 0.3 is 0 Å². The molecule has 0 spiro atoms. The van der Waals surface area contributed by atoms with Crippen molar-refractivity contribution in [1.82, 2.24) is 5.32 Å².